The summed E-state index contributed by atoms with van der Waals surface area (Å²) in [6.07, 6.45) is 0.953. The summed E-state index contributed by atoms with van der Waals surface area (Å²) < 4.78 is 10.7. The Kier molecular flexibility index (Phi) is 7.32. The van der Waals surface area contributed by atoms with Crippen molar-refractivity contribution in [3.8, 4) is 0 Å². The molecular formula is C17H33N3O4. The number of amides is 2. The molecular weight excluding hydrogens is 310 g/mol. The standard InChI is InChI=1S/C17H33N3O4/c1-16(2,3)23-14(21)19-11-12-20(13-7-9-18-10-8-13)15(22)24-17(4,5)6/h13,18H,7-12H2,1-6H3,(H,19,21). The first kappa shape index (κ1) is 20.5. The van der Waals surface area contributed by atoms with Crippen LogP contribution in [0.1, 0.15) is 54.4 Å². The smallest absolute Gasteiger partial charge is 0.410 e. The number of carbonyl (C=O) groups excluding carboxylic acids is 2. The zero-order chi connectivity index (χ0) is 18.4. The topological polar surface area (TPSA) is 79.9 Å². The summed E-state index contributed by atoms with van der Waals surface area (Å²) in [4.78, 5) is 26.0. The second-order valence-corrected chi connectivity index (χ2v) is 8.08. The lowest BCUT2D eigenvalue weighted by Crippen LogP contribution is -2.50. The van der Waals surface area contributed by atoms with Crippen molar-refractivity contribution < 1.29 is 19.1 Å². The highest BCUT2D eigenvalue weighted by Crippen LogP contribution is 2.16. The van der Waals surface area contributed by atoms with Crippen molar-refractivity contribution in [2.45, 2.75) is 71.6 Å². The Hall–Kier alpha value is -1.50. The van der Waals surface area contributed by atoms with Crippen LogP contribution in [0.5, 0.6) is 0 Å². The van der Waals surface area contributed by atoms with Gasteiger partial charge in [0, 0.05) is 19.1 Å². The maximum absolute atomic E-state index is 12.5. The molecule has 24 heavy (non-hydrogen) atoms. The van der Waals surface area contributed by atoms with E-state index in [0.29, 0.717) is 13.1 Å². The quantitative estimate of drug-likeness (QED) is 0.820. The fourth-order valence-corrected chi connectivity index (χ4v) is 2.45. The molecule has 0 aromatic carbocycles. The molecule has 2 amide bonds. The first-order chi connectivity index (χ1) is 11.0. The third kappa shape index (κ3) is 8.38. The fraction of sp³-hybridized carbons (Fsp3) is 0.882. The van der Waals surface area contributed by atoms with Gasteiger partial charge in [-0.2, -0.15) is 0 Å². The van der Waals surface area contributed by atoms with Crippen LogP contribution in [-0.4, -0.2) is 60.5 Å². The SMILES string of the molecule is CC(C)(C)OC(=O)NCCN(C(=O)OC(C)(C)C)C1CCNCC1. The maximum atomic E-state index is 12.5. The molecule has 0 aromatic heterocycles. The minimum Gasteiger partial charge on any atom is -0.444 e. The number of carbonyl (C=O) groups is 2. The molecule has 0 saturated carbocycles. The second-order valence-electron chi connectivity index (χ2n) is 8.08. The molecule has 0 atom stereocenters. The molecule has 0 unspecified atom stereocenters. The summed E-state index contributed by atoms with van der Waals surface area (Å²) in [6.45, 7) is 13.5. The number of hydrogen-bond donors (Lipinski definition) is 2. The molecule has 1 heterocycles. The lowest BCUT2D eigenvalue weighted by molar-refractivity contribution is 0.0122. The Labute approximate surface area is 145 Å². The van der Waals surface area contributed by atoms with Crippen molar-refractivity contribution in [1.29, 1.82) is 0 Å². The third-order valence-corrected chi connectivity index (χ3v) is 3.40. The Balaban J connectivity index is 2.58. The van der Waals surface area contributed by atoms with Crippen LogP contribution in [0, 0.1) is 0 Å². The van der Waals surface area contributed by atoms with E-state index in [0.717, 1.165) is 25.9 Å². The highest BCUT2D eigenvalue weighted by molar-refractivity contribution is 5.69. The molecule has 0 bridgehead atoms. The van der Waals surface area contributed by atoms with E-state index in [9.17, 15) is 9.59 Å². The molecule has 0 radical (unpaired) electrons. The second kappa shape index (κ2) is 8.55. The van der Waals surface area contributed by atoms with Crippen molar-refractivity contribution >= 4 is 12.2 Å². The summed E-state index contributed by atoms with van der Waals surface area (Å²) in [5, 5.41) is 5.99. The van der Waals surface area contributed by atoms with E-state index in [-0.39, 0.29) is 12.1 Å². The summed E-state index contributed by atoms with van der Waals surface area (Å²) in [5.41, 5.74) is -1.08. The highest BCUT2D eigenvalue weighted by atomic mass is 16.6. The molecule has 1 rings (SSSR count). The molecule has 2 N–H and O–H groups in total. The number of rotatable bonds is 4. The van der Waals surface area contributed by atoms with Crippen LogP contribution in [0.3, 0.4) is 0 Å². The number of nitrogens with one attached hydrogen (secondary N) is 2. The Morgan fingerprint density at radius 1 is 1.04 bits per heavy atom. The van der Waals surface area contributed by atoms with Crippen LogP contribution in [-0.2, 0) is 9.47 Å². The van der Waals surface area contributed by atoms with Crippen LogP contribution in [0.2, 0.25) is 0 Å². The lowest BCUT2D eigenvalue weighted by atomic mass is 10.1. The van der Waals surface area contributed by atoms with Gasteiger partial charge in [-0.15, -0.1) is 0 Å². The van der Waals surface area contributed by atoms with Gasteiger partial charge in [-0.1, -0.05) is 0 Å². The third-order valence-electron chi connectivity index (χ3n) is 3.40. The monoisotopic (exact) mass is 343 g/mol. The van der Waals surface area contributed by atoms with Gasteiger partial charge in [0.2, 0.25) is 0 Å². The van der Waals surface area contributed by atoms with E-state index in [2.05, 4.69) is 10.6 Å². The van der Waals surface area contributed by atoms with Crippen LogP contribution >= 0.6 is 0 Å². The Morgan fingerprint density at radius 2 is 1.58 bits per heavy atom. The van der Waals surface area contributed by atoms with Crippen molar-refractivity contribution in [3.05, 3.63) is 0 Å². The normalized spacial score (nSPS) is 16.4. The van der Waals surface area contributed by atoms with Gasteiger partial charge in [0.15, 0.2) is 0 Å². The summed E-state index contributed by atoms with van der Waals surface area (Å²) in [6, 6.07) is 0.126. The molecule has 7 nitrogen and oxygen atoms in total. The fourth-order valence-electron chi connectivity index (χ4n) is 2.45. The average molecular weight is 343 g/mol. The lowest BCUT2D eigenvalue weighted by Gasteiger charge is -2.35. The zero-order valence-corrected chi connectivity index (χ0v) is 15.9. The van der Waals surface area contributed by atoms with Crippen molar-refractivity contribution in [3.63, 3.8) is 0 Å². The Morgan fingerprint density at radius 3 is 2.08 bits per heavy atom. The minimum atomic E-state index is -0.541. The number of ether oxygens (including phenoxy) is 2. The molecule has 7 heteroatoms. The van der Waals surface area contributed by atoms with E-state index in [1.165, 1.54) is 0 Å². The predicted molar refractivity (Wildman–Crippen MR) is 93.1 cm³/mol. The Bertz CT molecular complexity index is 421. The molecule has 1 aliphatic heterocycles. The highest BCUT2D eigenvalue weighted by Gasteiger charge is 2.29. The van der Waals surface area contributed by atoms with Gasteiger partial charge in [0.05, 0.1) is 0 Å². The van der Waals surface area contributed by atoms with E-state index in [4.69, 9.17) is 9.47 Å². The van der Waals surface area contributed by atoms with Gasteiger partial charge >= 0.3 is 12.2 Å². The molecule has 1 fully saturated rings. The maximum Gasteiger partial charge on any atom is 0.410 e. The molecule has 0 spiro atoms. The van der Waals surface area contributed by atoms with E-state index in [1.54, 1.807) is 4.90 Å². The number of piperidine rings is 1. The summed E-state index contributed by atoms with van der Waals surface area (Å²) in [7, 11) is 0. The number of hydrogen-bond acceptors (Lipinski definition) is 5. The largest absolute Gasteiger partial charge is 0.444 e. The molecule has 140 valence electrons. The van der Waals surface area contributed by atoms with Crippen LogP contribution in [0.15, 0.2) is 0 Å². The van der Waals surface area contributed by atoms with Gasteiger partial charge in [0.1, 0.15) is 11.2 Å². The van der Waals surface area contributed by atoms with E-state index < -0.39 is 17.3 Å². The van der Waals surface area contributed by atoms with Crippen molar-refractivity contribution in [2.75, 3.05) is 26.2 Å². The number of nitrogens with zero attached hydrogens (tertiary/aromatic N) is 1. The first-order valence-corrected chi connectivity index (χ1v) is 8.65. The summed E-state index contributed by atoms with van der Waals surface area (Å²) >= 11 is 0. The predicted octanol–water partition coefficient (Wildman–Crippen LogP) is 2.50. The van der Waals surface area contributed by atoms with Gasteiger partial charge in [-0.25, -0.2) is 9.59 Å². The van der Waals surface area contributed by atoms with E-state index in [1.807, 2.05) is 41.5 Å². The molecule has 0 aromatic rings. The van der Waals surface area contributed by atoms with Gasteiger partial charge < -0.3 is 25.0 Å². The van der Waals surface area contributed by atoms with Gasteiger partial charge in [-0.3, -0.25) is 0 Å². The number of alkyl carbamates (subject to hydrolysis) is 1. The summed E-state index contributed by atoms with van der Waals surface area (Å²) in [5.74, 6) is 0. The molecule has 0 aliphatic carbocycles. The molecule has 1 aliphatic rings. The first-order valence-electron chi connectivity index (χ1n) is 8.65. The van der Waals surface area contributed by atoms with Crippen molar-refractivity contribution in [1.82, 2.24) is 15.5 Å². The van der Waals surface area contributed by atoms with Crippen LogP contribution in [0.4, 0.5) is 9.59 Å². The van der Waals surface area contributed by atoms with Crippen molar-refractivity contribution in [2.24, 2.45) is 0 Å². The van der Waals surface area contributed by atoms with Crippen LogP contribution in [0.25, 0.3) is 0 Å². The zero-order valence-electron chi connectivity index (χ0n) is 15.9. The minimum absolute atomic E-state index is 0.126. The van der Waals surface area contributed by atoms with Gasteiger partial charge in [0.25, 0.3) is 0 Å². The van der Waals surface area contributed by atoms with E-state index >= 15 is 0 Å². The molecule has 1 saturated heterocycles. The van der Waals surface area contributed by atoms with Crippen LogP contribution < -0.4 is 10.6 Å². The van der Waals surface area contributed by atoms with Gasteiger partial charge in [-0.05, 0) is 67.5 Å². The average Bonchev–Trinajstić information content (AvgIpc) is 2.40.